The summed E-state index contributed by atoms with van der Waals surface area (Å²) in [4.78, 5) is 10.6. The number of alkyl halides is 3. The van der Waals surface area contributed by atoms with E-state index >= 15 is 0 Å². The Labute approximate surface area is 148 Å². The van der Waals surface area contributed by atoms with Crippen molar-refractivity contribution < 1.29 is 31.5 Å². The van der Waals surface area contributed by atoms with Gasteiger partial charge < -0.3 is 5.11 Å². The Balaban J connectivity index is 2.25. The minimum Gasteiger partial charge on any atom is -0.480 e. The molecule has 0 fully saturated rings. The van der Waals surface area contributed by atoms with Crippen LogP contribution in [0.2, 0.25) is 0 Å². The molecule has 0 saturated heterocycles. The van der Waals surface area contributed by atoms with Crippen LogP contribution in [0.15, 0.2) is 59.5 Å². The lowest BCUT2D eigenvalue weighted by Crippen LogP contribution is -2.37. The molecule has 0 aliphatic carbocycles. The van der Waals surface area contributed by atoms with Gasteiger partial charge in [0.15, 0.2) is 0 Å². The van der Waals surface area contributed by atoms with Crippen LogP contribution in [0, 0.1) is 0 Å². The zero-order valence-corrected chi connectivity index (χ0v) is 14.3. The summed E-state index contributed by atoms with van der Waals surface area (Å²) in [5, 5.41) is 8.99. The van der Waals surface area contributed by atoms with Crippen LogP contribution in [0.4, 0.5) is 13.2 Å². The van der Waals surface area contributed by atoms with Gasteiger partial charge in [-0.1, -0.05) is 30.3 Å². The second-order valence-electron chi connectivity index (χ2n) is 5.49. The molecule has 0 aliphatic heterocycles. The van der Waals surface area contributed by atoms with Gasteiger partial charge in [-0.05, 0) is 36.2 Å². The number of hydrogen-bond acceptors (Lipinski definition) is 3. The molecule has 1 N–H and O–H groups in total. The Bertz CT molecular complexity index is 850. The van der Waals surface area contributed by atoms with Gasteiger partial charge >= 0.3 is 12.1 Å². The van der Waals surface area contributed by atoms with E-state index < -0.39 is 34.3 Å². The Morgan fingerprint density at radius 2 is 1.58 bits per heavy atom. The second kappa shape index (κ2) is 7.88. The molecule has 0 spiro atoms. The molecule has 0 aromatic heterocycles. The summed E-state index contributed by atoms with van der Waals surface area (Å²) in [5.74, 6) is -1.35. The van der Waals surface area contributed by atoms with Gasteiger partial charge in [0.25, 0.3) is 0 Å². The van der Waals surface area contributed by atoms with Crippen LogP contribution in [-0.2, 0) is 27.4 Å². The zero-order chi connectivity index (χ0) is 19.4. The van der Waals surface area contributed by atoms with Crippen molar-refractivity contribution in [1.29, 1.82) is 0 Å². The average molecular weight is 387 g/mol. The summed E-state index contributed by atoms with van der Waals surface area (Å²) in [6.07, 6.45) is -4.32. The highest BCUT2D eigenvalue weighted by Crippen LogP contribution is 2.30. The molecule has 0 saturated carbocycles. The van der Waals surface area contributed by atoms with Crippen LogP contribution in [0.3, 0.4) is 0 Å². The molecule has 140 valence electrons. The maximum atomic E-state index is 12.6. The first-order chi connectivity index (χ1) is 12.1. The lowest BCUT2D eigenvalue weighted by Gasteiger charge is -2.20. The zero-order valence-electron chi connectivity index (χ0n) is 13.5. The number of sulfonamides is 1. The van der Waals surface area contributed by atoms with Crippen LogP contribution in [0.25, 0.3) is 0 Å². The molecule has 0 unspecified atom stereocenters. The fraction of sp³-hybridized carbons (Fsp3) is 0.235. The number of rotatable bonds is 7. The van der Waals surface area contributed by atoms with Gasteiger partial charge in [0, 0.05) is 6.54 Å². The third-order valence-corrected chi connectivity index (χ3v) is 5.48. The standard InChI is InChI=1S/C17H16F3NO4S/c18-17(19,20)14-6-8-15(9-7-14)26(24,25)21(12-16(22)23)11-10-13-4-2-1-3-5-13/h1-9H,10-12H2,(H,22,23). The molecular formula is C17H16F3NO4S. The van der Waals surface area contributed by atoms with Crippen LogP contribution >= 0.6 is 0 Å². The van der Waals surface area contributed by atoms with E-state index in [0.717, 1.165) is 22.0 Å². The number of carboxylic acids is 1. The fourth-order valence-corrected chi connectivity index (χ4v) is 3.69. The fourth-order valence-electron chi connectivity index (χ4n) is 2.30. The predicted octanol–water partition coefficient (Wildman–Crippen LogP) is 3.02. The second-order valence-corrected chi connectivity index (χ2v) is 7.43. The molecule has 0 atom stereocenters. The van der Waals surface area contributed by atoms with Gasteiger partial charge in [0.05, 0.1) is 10.5 Å². The van der Waals surface area contributed by atoms with E-state index in [2.05, 4.69) is 0 Å². The van der Waals surface area contributed by atoms with E-state index in [9.17, 15) is 26.4 Å². The minimum atomic E-state index is -4.59. The quantitative estimate of drug-likeness (QED) is 0.793. The van der Waals surface area contributed by atoms with Crippen molar-refractivity contribution >= 4 is 16.0 Å². The van der Waals surface area contributed by atoms with E-state index in [-0.39, 0.29) is 17.9 Å². The highest BCUT2D eigenvalue weighted by molar-refractivity contribution is 7.89. The number of carbonyl (C=O) groups is 1. The van der Waals surface area contributed by atoms with Crippen molar-refractivity contribution in [1.82, 2.24) is 4.31 Å². The molecule has 2 aromatic carbocycles. The topological polar surface area (TPSA) is 74.7 Å². The number of nitrogens with zero attached hydrogens (tertiary/aromatic N) is 1. The van der Waals surface area contributed by atoms with Crippen molar-refractivity contribution in [2.75, 3.05) is 13.1 Å². The van der Waals surface area contributed by atoms with Gasteiger partial charge in [-0.15, -0.1) is 0 Å². The monoisotopic (exact) mass is 387 g/mol. The highest BCUT2D eigenvalue weighted by atomic mass is 32.2. The molecule has 0 amide bonds. The van der Waals surface area contributed by atoms with Crippen molar-refractivity contribution in [2.24, 2.45) is 0 Å². The molecule has 5 nitrogen and oxygen atoms in total. The summed E-state index contributed by atoms with van der Waals surface area (Å²) in [7, 11) is -4.24. The Hall–Kier alpha value is -2.39. The molecule has 9 heteroatoms. The normalized spacial score (nSPS) is 12.3. The Morgan fingerprint density at radius 3 is 2.08 bits per heavy atom. The van der Waals surface area contributed by atoms with Crippen LogP contribution < -0.4 is 0 Å². The molecular weight excluding hydrogens is 371 g/mol. The number of aliphatic carboxylic acids is 1. The lowest BCUT2D eigenvalue weighted by molar-refractivity contribution is -0.138. The summed E-state index contributed by atoms with van der Waals surface area (Å²) >= 11 is 0. The SMILES string of the molecule is O=C(O)CN(CCc1ccccc1)S(=O)(=O)c1ccc(C(F)(F)F)cc1. The van der Waals surface area contributed by atoms with E-state index in [1.165, 1.54) is 0 Å². The molecule has 0 aliphatic rings. The van der Waals surface area contributed by atoms with Crippen LogP contribution in [0.1, 0.15) is 11.1 Å². The Morgan fingerprint density at radius 1 is 1.00 bits per heavy atom. The average Bonchev–Trinajstić information content (AvgIpc) is 2.58. The van der Waals surface area contributed by atoms with E-state index in [1.54, 1.807) is 30.3 Å². The van der Waals surface area contributed by atoms with Gasteiger partial charge in [0.1, 0.15) is 6.54 Å². The number of carboxylic acid groups (broad SMARTS) is 1. The van der Waals surface area contributed by atoms with Gasteiger partial charge in [0.2, 0.25) is 10.0 Å². The number of hydrogen-bond donors (Lipinski definition) is 1. The molecule has 26 heavy (non-hydrogen) atoms. The third kappa shape index (κ3) is 5.06. The molecule has 2 rings (SSSR count). The van der Waals surface area contributed by atoms with Crippen molar-refractivity contribution in [3.8, 4) is 0 Å². The molecule has 0 radical (unpaired) electrons. The lowest BCUT2D eigenvalue weighted by atomic mass is 10.1. The maximum absolute atomic E-state index is 12.6. The van der Waals surface area contributed by atoms with Gasteiger partial charge in [-0.3, -0.25) is 4.79 Å². The van der Waals surface area contributed by atoms with Crippen molar-refractivity contribution in [3.05, 3.63) is 65.7 Å². The van der Waals surface area contributed by atoms with Gasteiger partial charge in [-0.25, -0.2) is 8.42 Å². The number of benzene rings is 2. The third-order valence-electron chi connectivity index (χ3n) is 3.62. The number of halogens is 3. The molecule has 0 bridgehead atoms. The van der Waals surface area contributed by atoms with Crippen molar-refractivity contribution in [2.45, 2.75) is 17.5 Å². The first-order valence-electron chi connectivity index (χ1n) is 7.54. The molecule has 2 aromatic rings. The summed E-state index contributed by atoms with van der Waals surface area (Å²) in [6.45, 7) is -0.893. The maximum Gasteiger partial charge on any atom is 0.416 e. The van der Waals surface area contributed by atoms with E-state index in [4.69, 9.17) is 5.11 Å². The predicted molar refractivity (Wildman–Crippen MR) is 88.0 cm³/mol. The Kier molecular flexibility index (Phi) is 6.04. The summed E-state index contributed by atoms with van der Waals surface area (Å²) in [5.41, 5.74) is -0.170. The largest absolute Gasteiger partial charge is 0.480 e. The van der Waals surface area contributed by atoms with E-state index in [0.29, 0.717) is 12.1 Å². The summed E-state index contributed by atoms with van der Waals surface area (Å²) in [6, 6.07) is 11.8. The minimum absolute atomic E-state index is 0.111. The summed E-state index contributed by atoms with van der Waals surface area (Å²) < 4.78 is 63.9. The van der Waals surface area contributed by atoms with Crippen molar-refractivity contribution in [3.63, 3.8) is 0 Å². The molecule has 0 heterocycles. The van der Waals surface area contributed by atoms with E-state index in [1.807, 2.05) is 0 Å². The van der Waals surface area contributed by atoms with Crippen LogP contribution in [-0.4, -0.2) is 36.9 Å². The smallest absolute Gasteiger partial charge is 0.416 e. The first kappa shape index (κ1) is 19.9. The van der Waals surface area contributed by atoms with Crippen LogP contribution in [0.5, 0.6) is 0 Å². The highest BCUT2D eigenvalue weighted by Gasteiger charge is 2.32. The first-order valence-corrected chi connectivity index (χ1v) is 8.98. The van der Waals surface area contributed by atoms with Gasteiger partial charge in [-0.2, -0.15) is 17.5 Å².